The van der Waals surface area contributed by atoms with Gasteiger partial charge in [0.05, 0.1) is 5.01 Å². The van der Waals surface area contributed by atoms with Gasteiger partial charge < -0.3 is 11.1 Å². The van der Waals surface area contributed by atoms with Gasteiger partial charge >= 0.3 is 0 Å². The second-order valence-electron chi connectivity index (χ2n) is 6.70. The number of hydrogen-bond acceptors (Lipinski definition) is 4. The minimum atomic E-state index is -0.222. The van der Waals surface area contributed by atoms with Gasteiger partial charge in [-0.1, -0.05) is 31.4 Å². The molecule has 0 unspecified atom stereocenters. The van der Waals surface area contributed by atoms with E-state index in [-0.39, 0.29) is 17.1 Å². The molecule has 0 saturated heterocycles. The van der Waals surface area contributed by atoms with Crippen molar-refractivity contribution in [2.75, 3.05) is 13.1 Å². The lowest BCUT2D eigenvalue weighted by Gasteiger charge is -2.38. The monoisotopic (exact) mass is 361 g/mol. The van der Waals surface area contributed by atoms with Crippen LogP contribution < -0.4 is 11.1 Å². The van der Waals surface area contributed by atoms with E-state index in [4.69, 9.17) is 5.73 Å². The first-order valence-corrected chi connectivity index (χ1v) is 9.70. The third-order valence-corrected chi connectivity index (χ3v) is 5.89. The van der Waals surface area contributed by atoms with Crippen LogP contribution in [0.5, 0.6) is 0 Å². The van der Waals surface area contributed by atoms with Crippen molar-refractivity contribution in [1.29, 1.82) is 0 Å². The van der Waals surface area contributed by atoms with Gasteiger partial charge in [0.1, 0.15) is 11.5 Å². The first-order chi connectivity index (χ1) is 12.1. The van der Waals surface area contributed by atoms with Crippen LogP contribution in [0.3, 0.4) is 0 Å². The number of rotatable bonds is 6. The van der Waals surface area contributed by atoms with E-state index >= 15 is 0 Å². The molecule has 0 radical (unpaired) electrons. The molecule has 1 fully saturated rings. The van der Waals surface area contributed by atoms with Crippen molar-refractivity contribution in [3.05, 3.63) is 51.7 Å². The van der Waals surface area contributed by atoms with Gasteiger partial charge in [0.2, 0.25) is 0 Å². The Hall–Kier alpha value is -1.79. The molecule has 6 heteroatoms. The maximum atomic E-state index is 13.7. The molecule has 0 spiro atoms. The molecule has 1 aliphatic carbocycles. The summed E-state index contributed by atoms with van der Waals surface area (Å²) in [5.74, 6) is -0.388. The summed E-state index contributed by atoms with van der Waals surface area (Å²) in [7, 11) is 0. The summed E-state index contributed by atoms with van der Waals surface area (Å²) in [5.41, 5.74) is 6.77. The van der Waals surface area contributed by atoms with Crippen molar-refractivity contribution >= 4 is 17.2 Å². The van der Waals surface area contributed by atoms with Crippen LogP contribution in [0.15, 0.2) is 29.6 Å². The van der Waals surface area contributed by atoms with Gasteiger partial charge in [-0.2, -0.15) is 0 Å². The van der Waals surface area contributed by atoms with Gasteiger partial charge in [0.15, 0.2) is 0 Å². The number of nitrogens with two attached hydrogens (primary N) is 1. The van der Waals surface area contributed by atoms with E-state index in [0.29, 0.717) is 25.2 Å². The first kappa shape index (κ1) is 18.0. The van der Waals surface area contributed by atoms with Crippen LogP contribution in [0.4, 0.5) is 4.39 Å². The fourth-order valence-electron chi connectivity index (χ4n) is 3.61. The molecule has 4 nitrogen and oxygen atoms in total. The van der Waals surface area contributed by atoms with Gasteiger partial charge in [-0.05, 0) is 37.1 Å². The molecule has 0 aliphatic heterocycles. The summed E-state index contributed by atoms with van der Waals surface area (Å²) in [5, 5.41) is 5.69. The zero-order valence-electron chi connectivity index (χ0n) is 14.3. The van der Waals surface area contributed by atoms with Crippen LogP contribution in [0.1, 0.15) is 53.2 Å². The molecule has 3 rings (SSSR count). The molecular weight excluding hydrogens is 337 g/mol. The lowest BCUT2D eigenvalue weighted by molar-refractivity contribution is 0.0932. The third kappa shape index (κ3) is 4.25. The van der Waals surface area contributed by atoms with Crippen molar-refractivity contribution in [2.24, 2.45) is 5.73 Å². The lowest BCUT2D eigenvalue weighted by Crippen LogP contribution is -2.42. The summed E-state index contributed by atoms with van der Waals surface area (Å²) >= 11 is 1.46. The summed E-state index contributed by atoms with van der Waals surface area (Å²) < 4.78 is 13.7. The number of halogens is 1. The van der Waals surface area contributed by atoms with Crippen molar-refractivity contribution in [3.63, 3.8) is 0 Å². The number of nitrogens with one attached hydrogen (secondary N) is 1. The van der Waals surface area contributed by atoms with Crippen molar-refractivity contribution in [3.8, 4) is 0 Å². The van der Waals surface area contributed by atoms with Crippen LogP contribution in [0, 0.1) is 5.82 Å². The Morgan fingerprint density at radius 1 is 1.32 bits per heavy atom. The molecule has 1 aromatic carbocycles. The predicted molar refractivity (Wildman–Crippen MR) is 98.4 cm³/mol. The molecule has 1 saturated carbocycles. The zero-order chi connectivity index (χ0) is 17.7. The van der Waals surface area contributed by atoms with E-state index in [0.717, 1.165) is 36.3 Å². The van der Waals surface area contributed by atoms with Crippen LogP contribution in [0.2, 0.25) is 0 Å². The van der Waals surface area contributed by atoms with Crippen molar-refractivity contribution < 1.29 is 9.18 Å². The molecular formula is C19H24FN3OS. The molecule has 1 aromatic heterocycles. The van der Waals surface area contributed by atoms with Crippen LogP contribution >= 0.6 is 11.3 Å². The Balaban J connectivity index is 1.73. The quantitative estimate of drug-likeness (QED) is 0.828. The van der Waals surface area contributed by atoms with E-state index in [2.05, 4.69) is 10.3 Å². The minimum absolute atomic E-state index is 0.166. The Morgan fingerprint density at radius 3 is 2.84 bits per heavy atom. The van der Waals surface area contributed by atoms with E-state index < -0.39 is 0 Å². The molecule has 3 N–H and O–H groups in total. The highest BCUT2D eigenvalue weighted by Crippen LogP contribution is 2.39. The maximum Gasteiger partial charge on any atom is 0.270 e. The molecule has 1 heterocycles. The van der Waals surface area contributed by atoms with E-state index in [1.807, 2.05) is 6.07 Å². The number of benzene rings is 1. The Morgan fingerprint density at radius 2 is 2.12 bits per heavy atom. The number of carbonyl (C=O) groups is 1. The largest absolute Gasteiger partial charge is 0.350 e. The number of hydrogen-bond donors (Lipinski definition) is 2. The third-order valence-electron chi connectivity index (χ3n) is 4.98. The first-order valence-electron chi connectivity index (χ1n) is 8.82. The maximum absolute atomic E-state index is 13.7. The molecule has 1 aliphatic rings. The van der Waals surface area contributed by atoms with Gasteiger partial charge in [0.25, 0.3) is 5.91 Å². The highest BCUT2D eigenvalue weighted by molar-refractivity contribution is 7.09. The second-order valence-corrected chi connectivity index (χ2v) is 7.64. The van der Waals surface area contributed by atoms with Crippen molar-refractivity contribution in [1.82, 2.24) is 10.3 Å². The van der Waals surface area contributed by atoms with Gasteiger partial charge in [-0.3, -0.25) is 4.79 Å². The van der Waals surface area contributed by atoms with Crippen LogP contribution in [0.25, 0.3) is 0 Å². The average Bonchev–Trinajstić information content (AvgIpc) is 3.10. The van der Waals surface area contributed by atoms with Gasteiger partial charge in [-0.15, -0.1) is 11.3 Å². The number of thiazole rings is 1. The highest BCUT2D eigenvalue weighted by atomic mass is 32.1. The van der Waals surface area contributed by atoms with E-state index in [1.54, 1.807) is 17.5 Å². The van der Waals surface area contributed by atoms with Gasteiger partial charge in [-0.25, -0.2) is 9.37 Å². The fraction of sp³-hybridized carbons (Fsp3) is 0.474. The normalized spacial score (nSPS) is 16.6. The average molecular weight is 361 g/mol. The number of aromatic nitrogens is 1. The van der Waals surface area contributed by atoms with E-state index in [1.165, 1.54) is 23.8 Å². The topological polar surface area (TPSA) is 68.0 Å². The fourth-order valence-corrected chi connectivity index (χ4v) is 4.40. The second kappa shape index (κ2) is 8.06. The number of amides is 1. The summed E-state index contributed by atoms with van der Waals surface area (Å²) in [6.07, 6.45) is 6.01. The molecule has 0 atom stereocenters. The Bertz CT molecular complexity index is 725. The summed E-state index contributed by atoms with van der Waals surface area (Å²) in [6, 6.07) is 6.80. The zero-order valence-corrected chi connectivity index (χ0v) is 15.1. The number of carbonyl (C=O) groups excluding carboxylic acids is 1. The van der Waals surface area contributed by atoms with Crippen LogP contribution in [-0.2, 0) is 11.8 Å². The van der Waals surface area contributed by atoms with Crippen molar-refractivity contribution in [2.45, 2.75) is 43.9 Å². The van der Waals surface area contributed by atoms with Gasteiger partial charge in [0, 0.05) is 23.8 Å². The minimum Gasteiger partial charge on any atom is -0.350 e. The van der Waals surface area contributed by atoms with Crippen LogP contribution in [-0.4, -0.2) is 24.0 Å². The smallest absolute Gasteiger partial charge is 0.270 e. The molecule has 134 valence electrons. The highest BCUT2D eigenvalue weighted by Gasteiger charge is 2.34. The number of nitrogens with zero attached hydrogens (tertiary/aromatic N) is 1. The molecule has 25 heavy (non-hydrogen) atoms. The standard InChI is InChI=1S/C19H24FN3OS/c20-15-6-4-5-14(11-15)19(8-2-1-3-9-19)13-22-18(24)16-12-25-17(23-16)7-10-21/h4-6,11-12H,1-3,7-10,13,21H2,(H,22,24). The Labute approximate surface area is 151 Å². The summed E-state index contributed by atoms with van der Waals surface area (Å²) in [6.45, 7) is 1.04. The molecule has 0 bridgehead atoms. The van der Waals surface area contributed by atoms with E-state index in [9.17, 15) is 9.18 Å². The lowest BCUT2D eigenvalue weighted by atomic mass is 9.69. The molecule has 2 aromatic rings. The summed E-state index contributed by atoms with van der Waals surface area (Å²) in [4.78, 5) is 16.8. The Kier molecular flexibility index (Phi) is 5.81. The molecule has 1 amide bonds. The predicted octanol–water partition coefficient (Wildman–Crippen LogP) is 3.42. The SMILES string of the molecule is NCCc1nc(C(=O)NCC2(c3cccc(F)c3)CCCCC2)cs1.